The highest BCUT2D eigenvalue weighted by molar-refractivity contribution is 5.90. The maximum atomic E-state index is 12.1. The number of benzene rings is 2. The fraction of sp³-hybridized carbons (Fsp3) is 0.182. The Hall–Kier alpha value is -3.92. The van der Waals surface area contributed by atoms with Crippen molar-refractivity contribution in [2.24, 2.45) is 0 Å². The highest BCUT2D eigenvalue weighted by atomic mass is 16.5. The highest BCUT2D eigenvalue weighted by Crippen LogP contribution is 2.06. The molecule has 7 nitrogen and oxygen atoms in total. The van der Waals surface area contributed by atoms with Crippen molar-refractivity contribution in [3.05, 3.63) is 77.4 Å². The first kappa shape index (κ1) is 21.4. The molecule has 0 unspecified atom stereocenters. The minimum Gasteiger partial charge on any atom is -0.467 e. The number of nitrogens with one attached hydrogen (secondary N) is 1. The van der Waals surface area contributed by atoms with E-state index in [0.29, 0.717) is 11.1 Å². The maximum absolute atomic E-state index is 12.1. The molecule has 1 atom stereocenters. The summed E-state index contributed by atoms with van der Waals surface area (Å²) in [7, 11) is 1.24. The lowest BCUT2D eigenvalue weighted by atomic mass is 10.1. The van der Waals surface area contributed by atoms with Gasteiger partial charge in [-0.2, -0.15) is 5.26 Å². The summed E-state index contributed by atoms with van der Waals surface area (Å²) in [6.45, 7) is -0.529. The normalized spacial score (nSPS) is 11.3. The van der Waals surface area contributed by atoms with Crippen molar-refractivity contribution < 1.29 is 23.9 Å². The zero-order chi connectivity index (χ0) is 21.1. The smallest absolute Gasteiger partial charge is 0.331 e. The van der Waals surface area contributed by atoms with Crippen molar-refractivity contribution in [3.8, 4) is 6.07 Å². The molecule has 2 rings (SSSR count). The topological polar surface area (TPSA) is 105 Å². The van der Waals surface area contributed by atoms with Gasteiger partial charge >= 0.3 is 11.9 Å². The average Bonchev–Trinajstić information content (AvgIpc) is 2.76. The third-order valence-corrected chi connectivity index (χ3v) is 3.90. The minimum atomic E-state index is -0.886. The highest BCUT2D eigenvalue weighted by Gasteiger charge is 2.22. The fourth-order valence-corrected chi connectivity index (χ4v) is 2.44. The predicted octanol–water partition coefficient (Wildman–Crippen LogP) is 2.02. The van der Waals surface area contributed by atoms with Crippen LogP contribution < -0.4 is 5.32 Å². The molecule has 1 amide bonds. The van der Waals surface area contributed by atoms with Crippen molar-refractivity contribution in [1.29, 1.82) is 5.26 Å². The molecule has 0 aliphatic carbocycles. The van der Waals surface area contributed by atoms with Crippen LogP contribution in [0.25, 0.3) is 6.08 Å². The van der Waals surface area contributed by atoms with Gasteiger partial charge in [-0.25, -0.2) is 9.59 Å². The minimum absolute atomic E-state index is 0.256. The number of nitriles is 1. The number of nitrogens with zero attached hydrogens (tertiary/aromatic N) is 1. The van der Waals surface area contributed by atoms with Crippen LogP contribution in [0.15, 0.2) is 60.7 Å². The fourth-order valence-electron chi connectivity index (χ4n) is 2.44. The summed E-state index contributed by atoms with van der Waals surface area (Å²) in [5.74, 6) is -1.91. The Morgan fingerprint density at radius 1 is 1.10 bits per heavy atom. The van der Waals surface area contributed by atoms with Gasteiger partial charge in [0.1, 0.15) is 6.04 Å². The van der Waals surface area contributed by atoms with Crippen molar-refractivity contribution >= 4 is 23.9 Å². The first-order valence-electron chi connectivity index (χ1n) is 8.78. The third kappa shape index (κ3) is 7.31. The Kier molecular flexibility index (Phi) is 8.14. The molecule has 7 heteroatoms. The molecule has 0 aliphatic heterocycles. The first-order valence-corrected chi connectivity index (χ1v) is 8.78. The molecule has 148 valence electrons. The standard InChI is InChI=1S/C22H20N2O5/c1-28-22(27)19(13-17-5-3-2-4-6-17)24-20(25)15-29-21(26)12-11-16-7-9-18(14-23)10-8-16/h2-12,19H,13,15H2,1H3,(H,24,25)/b12-11+/t19-/m0/s1. The first-order chi connectivity index (χ1) is 14.0. The van der Waals surface area contributed by atoms with E-state index in [1.807, 2.05) is 36.4 Å². The molecule has 0 aromatic heterocycles. The van der Waals surface area contributed by atoms with Crippen molar-refractivity contribution in [3.63, 3.8) is 0 Å². The average molecular weight is 392 g/mol. The summed E-state index contributed by atoms with van der Waals surface area (Å²) in [4.78, 5) is 35.8. The molecule has 0 spiro atoms. The number of carbonyl (C=O) groups excluding carboxylic acids is 3. The molecule has 0 heterocycles. The van der Waals surface area contributed by atoms with Gasteiger partial charge in [-0.05, 0) is 29.3 Å². The van der Waals surface area contributed by atoms with Crippen LogP contribution in [0, 0.1) is 11.3 Å². The molecule has 29 heavy (non-hydrogen) atoms. The van der Waals surface area contributed by atoms with Gasteiger partial charge in [0.25, 0.3) is 5.91 Å². The summed E-state index contributed by atoms with van der Waals surface area (Å²) in [6.07, 6.45) is 2.94. The number of methoxy groups -OCH3 is 1. The number of amides is 1. The van der Waals surface area contributed by atoms with E-state index in [-0.39, 0.29) is 6.42 Å². The van der Waals surface area contributed by atoms with Gasteiger partial charge in [0, 0.05) is 12.5 Å². The third-order valence-electron chi connectivity index (χ3n) is 3.90. The zero-order valence-corrected chi connectivity index (χ0v) is 15.8. The predicted molar refractivity (Wildman–Crippen MR) is 105 cm³/mol. The summed E-state index contributed by atoms with van der Waals surface area (Å²) in [5, 5.41) is 11.3. The molecule has 0 saturated heterocycles. The van der Waals surface area contributed by atoms with Gasteiger partial charge < -0.3 is 14.8 Å². The van der Waals surface area contributed by atoms with E-state index < -0.39 is 30.5 Å². The van der Waals surface area contributed by atoms with Crippen LogP contribution in [0.5, 0.6) is 0 Å². The van der Waals surface area contributed by atoms with E-state index in [0.717, 1.165) is 5.56 Å². The molecule has 0 saturated carbocycles. The molecule has 2 aromatic carbocycles. The lowest BCUT2D eigenvalue weighted by Gasteiger charge is -2.16. The Morgan fingerprint density at radius 3 is 2.41 bits per heavy atom. The van der Waals surface area contributed by atoms with Crippen LogP contribution in [-0.4, -0.2) is 37.6 Å². The largest absolute Gasteiger partial charge is 0.467 e. The molecule has 0 aliphatic rings. The number of ether oxygens (including phenoxy) is 2. The lowest BCUT2D eigenvalue weighted by Crippen LogP contribution is -2.44. The van der Waals surface area contributed by atoms with Gasteiger partial charge in [0.05, 0.1) is 18.7 Å². The lowest BCUT2D eigenvalue weighted by molar-refractivity contribution is -0.147. The second-order valence-corrected chi connectivity index (χ2v) is 6.01. The Bertz CT molecular complexity index is 914. The molecular formula is C22H20N2O5. The summed E-state index contributed by atoms with van der Waals surface area (Å²) >= 11 is 0. The van der Waals surface area contributed by atoms with Gasteiger partial charge in [-0.15, -0.1) is 0 Å². The van der Waals surface area contributed by atoms with Crippen LogP contribution in [0.3, 0.4) is 0 Å². The molecule has 2 aromatic rings. The van der Waals surface area contributed by atoms with E-state index in [2.05, 4.69) is 5.32 Å². The van der Waals surface area contributed by atoms with Crippen LogP contribution in [0.4, 0.5) is 0 Å². The zero-order valence-electron chi connectivity index (χ0n) is 15.8. The summed E-state index contributed by atoms with van der Waals surface area (Å²) in [5.41, 5.74) is 2.07. The van der Waals surface area contributed by atoms with E-state index in [1.54, 1.807) is 24.3 Å². The van der Waals surface area contributed by atoms with Gasteiger partial charge in [-0.3, -0.25) is 4.79 Å². The molecule has 0 bridgehead atoms. The van der Waals surface area contributed by atoms with Crippen LogP contribution in [-0.2, 0) is 30.3 Å². The SMILES string of the molecule is COC(=O)[C@H](Cc1ccccc1)NC(=O)COC(=O)/C=C/c1ccc(C#N)cc1. The maximum Gasteiger partial charge on any atom is 0.331 e. The van der Waals surface area contributed by atoms with Crippen molar-refractivity contribution in [1.82, 2.24) is 5.32 Å². The van der Waals surface area contributed by atoms with E-state index >= 15 is 0 Å². The number of rotatable bonds is 8. The molecule has 1 N–H and O–H groups in total. The number of hydrogen-bond donors (Lipinski definition) is 1. The van der Waals surface area contributed by atoms with Gasteiger partial charge in [0.15, 0.2) is 6.61 Å². The number of carbonyl (C=O) groups is 3. The van der Waals surface area contributed by atoms with Gasteiger partial charge in [0.2, 0.25) is 0 Å². The van der Waals surface area contributed by atoms with E-state index in [4.69, 9.17) is 14.7 Å². The van der Waals surface area contributed by atoms with Crippen molar-refractivity contribution in [2.45, 2.75) is 12.5 Å². The monoisotopic (exact) mass is 392 g/mol. The van der Waals surface area contributed by atoms with Crippen LogP contribution >= 0.6 is 0 Å². The Labute approximate surface area is 168 Å². The van der Waals surface area contributed by atoms with E-state index in [9.17, 15) is 14.4 Å². The molecule has 0 fully saturated rings. The summed E-state index contributed by atoms with van der Waals surface area (Å²) in [6, 6.07) is 16.9. The van der Waals surface area contributed by atoms with Crippen LogP contribution in [0.1, 0.15) is 16.7 Å². The second kappa shape index (κ2) is 11.0. The van der Waals surface area contributed by atoms with Crippen LogP contribution in [0.2, 0.25) is 0 Å². The van der Waals surface area contributed by atoms with Gasteiger partial charge in [-0.1, -0.05) is 42.5 Å². The Morgan fingerprint density at radius 2 is 1.79 bits per heavy atom. The van der Waals surface area contributed by atoms with E-state index in [1.165, 1.54) is 19.3 Å². The number of esters is 2. The second-order valence-electron chi connectivity index (χ2n) is 6.01. The Balaban J connectivity index is 1.85. The molecule has 0 radical (unpaired) electrons. The summed E-state index contributed by atoms with van der Waals surface area (Å²) < 4.78 is 9.62. The van der Waals surface area contributed by atoms with Crippen molar-refractivity contribution in [2.75, 3.05) is 13.7 Å². The number of hydrogen-bond acceptors (Lipinski definition) is 6. The quantitative estimate of drug-likeness (QED) is 0.544. The molecular weight excluding hydrogens is 372 g/mol.